The van der Waals surface area contributed by atoms with E-state index in [4.69, 9.17) is 23.2 Å². The van der Waals surface area contributed by atoms with Crippen molar-refractivity contribution in [2.75, 3.05) is 11.9 Å². The Morgan fingerprint density at radius 3 is 2.31 bits per heavy atom. The number of aliphatic imine (C=N–C) groups is 1. The van der Waals surface area contributed by atoms with Crippen LogP contribution in [0.5, 0.6) is 0 Å². The van der Waals surface area contributed by atoms with Crippen molar-refractivity contribution in [1.29, 1.82) is 0 Å². The predicted molar refractivity (Wildman–Crippen MR) is 121 cm³/mol. The molecular weight excluding hydrogens is 429 g/mol. The number of nitrogens with one attached hydrogen (secondary N) is 1. The van der Waals surface area contributed by atoms with Crippen LogP contribution in [0.3, 0.4) is 0 Å². The molecule has 2 aromatic carbocycles. The van der Waals surface area contributed by atoms with Crippen molar-refractivity contribution >= 4 is 63.3 Å². The molecule has 2 aromatic rings. The molecule has 0 aliphatic carbocycles. The minimum Gasteiger partial charge on any atom is -0.326 e. The minimum atomic E-state index is -0.519. The average molecular weight is 450 g/mol. The molecule has 0 bridgehead atoms. The molecule has 8 heteroatoms. The van der Waals surface area contributed by atoms with E-state index in [1.54, 1.807) is 23.1 Å². The van der Waals surface area contributed by atoms with E-state index in [9.17, 15) is 9.59 Å². The van der Waals surface area contributed by atoms with Gasteiger partial charge in [0.15, 0.2) is 5.17 Å². The second-order valence-corrected chi connectivity index (χ2v) is 8.88. The molecule has 1 fully saturated rings. The fraction of sp³-hybridized carbons (Fsp3) is 0.286. The number of amidine groups is 1. The molecule has 1 aliphatic rings. The number of hydrogen-bond donors (Lipinski definition) is 1. The fourth-order valence-electron chi connectivity index (χ4n) is 3.16. The van der Waals surface area contributed by atoms with Crippen LogP contribution in [0.1, 0.15) is 24.5 Å². The predicted octanol–water partition coefficient (Wildman–Crippen LogP) is 5.59. The summed E-state index contributed by atoms with van der Waals surface area (Å²) in [4.78, 5) is 31.4. The van der Waals surface area contributed by atoms with Crippen LogP contribution in [0.25, 0.3) is 0 Å². The lowest BCUT2D eigenvalue weighted by atomic mass is 10.1. The summed E-state index contributed by atoms with van der Waals surface area (Å²) in [5.74, 6) is -0.330. The van der Waals surface area contributed by atoms with Crippen LogP contribution in [0.2, 0.25) is 10.0 Å². The van der Waals surface area contributed by atoms with Crippen LogP contribution in [0.4, 0.5) is 11.4 Å². The SMILES string of the molecule is CCN1C(=O)C(CC(=O)Nc2cc(C)cc(C)c2)SC1=Nc1cc(Cl)cc(Cl)c1. The van der Waals surface area contributed by atoms with Gasteiger partial charge >= 0.3 is 0 Å². The van der Waals surface area contributed by atoms with Gasteiger partial charge in [-0.1, -0.05) is 41.0 Å². The van der Waals surface area contributed by atoms with Gasteiger partial charge in [-0.05, 0) is 62.2 Å². The van der Waals surface area contributed by atoms with Gasteiger partial charge in [0.25, 0.3) is 0 Å². The number of benzene rings is 2. The first-order chi connectivity index (χ1) is 13.7. The standard InChI is InChI=1S/C21H21Cl2N3O2S/c1-4-26-20(28)18(11-19(27)24-16-6-12(2)5-13(3)7-16)29-21(26)25-17-9-14(22)8-15(23)10-17/h5-10,18H,4,11H2,1-3H3,(H,24,27). The van der Waals surface area contributed by atoms with Crippen molar-refractivity contribution in [2.45, 2.75) is 32.4 Å². The van der Waals surface area contributed by atoms with Gasteiger partial charge in [0.1, 0.15) is 5.25 Å². The third kappa shape index (κ3) is 5.53. The first-order valence-electron chi connectivity index (χ1n) is 9.16. The Kier molecular flexibility index (Phi) is 6.88. The summed E-state index contributed by atoms with van der Waals surface area (Å²) in [5.41, 5.74) is 3.44. The number of rotatable bonds is 5. The molecule has 0 radical (unpaired) electrons. The molecule has 0 saturated carbocycles. The topological polar surface area (TPSA) is 61.8 Å². The van der Waals surface area contributed by atoms with Gasteiger partial charge in [-0.25, -0.2) is 4.99 Å². The molecule has 5 nitrogen and oxygen atoms in total. The zero-order chi connectivity index (χ0) is 21.1. The molecule has 29 heavy (non-hydrogen) atoms. The van der Waals surface area contributed by atoms with E-state index in [0.717, 1.165) is 16.8 Å². The van der Waals surface area contributed by atoms with Gasteiger partial charge in [0.2, 0.25) is 11.8 Å². The maximum Gasteiger partial charge on any atom is 0.242 e. The summed E-state index contributed by atoms with van der Waals surface area (Å²) in [5, 5.41) is 3.85. The van der Waals surface area contributed by atoms with E-state index in [1.165, 1.54) is 11.8 Å². The van der Waals surface area contributed by atoms with Crippen molar-refractivity contribution in [3.63, 3.8) is 0 Å². The van der Waals surface area contributed by atoms with Crippen molar-refractivity contribution in [1.82, 2.24) is 4.90 Å². The Morgan fingerprint density at radius 1 is 1.10 bits per heavy atom. The van der Waals surface area contributed by atoms with E-state index < -0.39 is 5.25 Å². The normalized spacial score (nSPS) is 17.8. The molecule has 1 saturated heterocycles. The van der Waals surface area contributed by atoms with Crippen molar-refractivity contribution < 1.29 is 9.59 Å². The minimum absolute atomic E-state index is 0.0717. The number of hydrogen-bond acceptors (Lipinski definition) is 4. The lowest BCUT2D eigenvalue weighted by molar-refractivity contribution is -0.128. The summed E-state index contributed by atoms with van der Waals surface area (Å²) in [6.45, 7) is 6.29. The number of aryl methyl sites for hydroxylation is 2. The summed E-state index contributed by atoms with van der Waals surface area (Å²) < 4.78 is 0. The van der Waals surface area contributed by atoms with Crippen molar-refractivity contribution in [3.8, 4) is 0 Å². The third-order valence-electron chi connectivity index (χ3n) is 4.28. The Balaban J connectivity index is 1.74. The van der Waals surface area contributed by atoms with Crippen LogP contribution in [-0.4, -0.2) is 33.7 Å². The first kappa shape index (κ1) is 21.7. The molecule has 3 rings (SSSR count). The molecule has 0 aromatic heterocycles. The summed E-state index contributed by atoms with van der Waals surface area (Å²) in [7, 11) is 0. The number of carbonyl (C=O) groups is 2. The third-order valence-corrected chi connectivity index (χ3v) is 5.90. The van der Waals surface area contributed by atoms with E-state index in [1.807, 2.05) is 39.0 Å². The highest BCUT2D eigenvalue weighted by molar-refractivity contribution is 8.15. The summed E-state index contributed by atoms with van der Waals surface area (Å²) in [6.07, 6.45) is 0.0717. The van der Waals surface area contributed by atoms with E-state index in [2.05, 4.69) is 10.3 Å². The Labute approximate surface area is 184 Å². The molecule has 152 valence electrons. The van der Waals surface area contributed by atoms with Crippen LogP contribution in [-0.2, 0) is 9.59 Å². The monoisotopic (exact) mass is 449 g/mol. The van der Waals surface area contributed by atoms with Crippen LogP contribution < -0.4 is 5.32 Å². The van der Waals surface area contributed by atoms with Crippen LogP contribution >= 0.6 is 35.0 Å². The maximum atomic E-state index is 12.8. The summed E-state index contributed by atoms with van der Waals surface area (Å²) >= 11 is 13.4. The molecule has 1 aliphatic heterocycles. The molecule has 1 atom stereocenters. The fourth-order valence-corrected chi connectivity index (χ4v) is 4.89. The Hall–Kier alpha value is -2.02. The van der Waals surface area contributed by atoms with Crippen LogP contribution in [0.15, 0.2) is 41.4 Å². The number of anilines is 1. The highest BCUT2D eigenvalue weighted by atomic mass is 35.5. The molecular formula is C21H21Cl2N3O2S. The molecule has 1 N–H and O–H groups in total. The largest absolute Gasteiger partial charge is 0.326 e. The Morgan fingerprint density at radius 2 is 1.72 bits per heavy atom. The Bertz CT molecular complexity index is 953. The van der Waals surface area contributed by atoms with Gasteiger partial charge in [-0.2, -0.15) is 0 Å². The molecule has 2 amide bonds. The number of nitrogens with zero attached hydrogens (tertiary/aromatic N) is 2. The number of thioether (sulfide) groups is 1. The van der Waals surface area contributed by atoms with E-state index in [0.29, 0.717) is 27.4 Å². The highest BCUT2D eigenvalue weighted by Gasteiger charge is 2.38. The maximum absolute atomic E-state index is 12.8. The smallest absolute Gasteiger partial charge is 0.242 e. The molecule has 1 heterocycles. The van der Waals surface area contributed by atoms with Crippen molar-refractivity contribution in [3.05, 3.63) is 57.6 Å². The highest BCUT2D eigenvalue weighted by Crippen LogP contribution is 2.33. The lowest BCUT2D eigenvalue weighted by Gasteiger charge is -2.13. The quantitative estimate of drug-likeness (QED) is 0.646. The number of amides is 2. The zero-order valence-corrected chi connectivity index (χ0v) is 18.7. The molecule has 1 unspecified atom stereocenters. The summed E-state index contributed by atoms with van der Waals surface area (Å²) in [6, 6.07) is 10.8. The van der Waals surface area contributed by atoms with Gasteiger partial charge in [0.05, 0.1) is 5.69 Å². The first-order valence-corrected chi connectivity index (χ1v) is 10.8. The van der Waals surface area contributed by atoms with E-state index >= 15 is 0 Å². The average Bonchev–Trinajstić information content (AvgIpc) is 2.87. The van der Waals surface area contributed by atoms with Gasteiger partial charge < -0.3 is 5.32 Å². The van der Waals surface area contributed by atoms with Crippen molar-refractivity contribution in [2.24, 2.45) is 4.99 Å². The second-order valence-electron chi connectivity index (χ2n) is 6.84. The second kappa shape index (κ2) is 9.20. The zero-order valence-electron chi connectivity index (χ0n) is 16.3. The number of halogens is 2. The van der Waals surface area contributed by atoms with Gasteiger partial charge in [-0.3, -0.25) is 14.5 Å². The van der Waals surface area contributed by atoms with Gasteiger partial charge in [0, 0.05) is 28.7 Å². The number of carbonyl (C=O) groups excluding carboxylic acids is 2. The van der Waals surface area contributed by atoms with Gasteiger partial charge in [-0.15, -0.1) is 0 Å². The molecule has 0 spiro atoms. The van der Waals surface area contributed by atoms with E-state index in [-0.39, 0.29) is 18.2 Å². The lowest BCUT2D eigenvalue weighted by Crippen LogP contribution is -2.33. The van der Waals surface area contributed by atoms with Crippen LogP contribution in [0, 0.1) is 13.8 Å².